The first-order valence-electron chi connectivity index (χ1n) is 7.49. The lowest BCUT2D eigenvalue weighted by molar-refractivity contribution is -0.0494. The third kappa shape index (κ3) is 2.91. The molecule has 0 aliphatic heterocycles. The highest BCUT2D eigenvalue weighted by Gasteiger charge is 2.37. The van der Waals surface area contributed by atoms with Gasteiger partial charge in [0.1, 0.15) is 0 Å². The molecule has 0 spiro atoms. The van der Waals surface area contributed by atoms with E-state index in [1.54, 1.807) is 6.20 Å². The van der Waals surface area contributed by atoms with Crippen molar-refractivity contribution >= 4 is 10.9 Å². The van der Waals surface area contributed by atoms with Crippen molar-refractivity contribution in [1.82, 2.24) is 10.3 Å². The second kappa shape index (κ2) is 5.68. The quantitative estimate of drug-likeness (QED) is 0.910. The van der Waals surface area contributed by atoms with E-state index >= 15 is 0 Å². The summed E-state index contributed by atoms with van der Waals surface area (Å²) in [5.41, 5.74) is 2.12. The lowest BCUT2D eigenvalue weighted by atomic mass is 9.79. The van der Waals surface area contributed by atoms with Gasteiger partial charge in [0.25, 0.3) is 0 Å². The van der Waals surface area contributed by atoms with Crippen molar-refractivity contribution in [2.24, 2.45) is 5.92 Å². The number of aromatic nitrogens is 1. The van der Waals surface area contributed by atoms with Crippen molar-refractivity contribution in [2.45, 2.75) is 37.6 Å². The Bertz CT molecular complexity index is 612. The molecule has 2 nitrogen and oxygen atoms in total. The summed E-state index contributed by atoms with van der Waals surface area (Å²) in [6, 6.07) is 10.1. The second-order valence-electron chi connectivity index (χ2n) is 5.88. The van der Waals surface area contributed by atoms with Gasteiger partial charge in [-0.1, -0.05) is 18.2 Å². The third-order valence-electron chi connectivity index (χ3n) is 4.56. The molecule has 2 aromatic rings. The van der Waals surface area contributed by atoms with E-state index in [2.05, 4.69) is 22.4 Å². The van der Waals surface area contributed by atoms with Crippen LogP contribution in [-0.4, -0.2) is 18.0 Å². The van der Waals surface area contributed by atoms with Crippen LogP contribution in [0.25, 0.3) is 10.9 Å². The van der Waals surface area contributed by atoms with Gasteiger partial charge in [0.15, 0.2) is 0 Å². The molecular formula is C17H20F2N2. The summed E-state index contributed by atoms with van der Waals surface area (Å²) in [6.45, 7) is 0. The van der Waals surface area contributed by atoms with E-state index in [4.69, 9.17) is 0 Å². The van der Waals surface area contributed by atoms with Crippen LogP contribution >= 0.6 is 0 Å². The first kappa shape index (κ1) is 14.4. The number of hydrogen-bond acceptors (Lipinski definition) is 2. The Kier molecular flexibility index (Phi) is 3.89. The van der Waals surface area contributed by atoms with Gasteiger partial charge in [-0.2, -0.15) is 0 Å². The van der Waals surface area contributed by atoms with Crippen LogP contribution in [0.1, 0.15) is 37.3 Å². The number of halogens is 2. The van der Waals surface area contributed by atoms with Gasteiger partial charge in [0.05, 0.1) is 5.52 Å². The molecule has 0 bridgehead atoms. The number of rotatable bonds is 3. The molecule has 0 saturated heterocycles. The molecule has 21 heavy (non-hydrogen) atoms. The van der Waals surface area contributed by atoms with Crippen molar-refractivity contribution in [1.29, 1.82) is 0 Å². The summed E-state index contributed by atoms with van der Waals surface area (Å²) in [5.74, 6) is -2.23. The number of nitrogens with zero attached hydrogens (tertiary/aromatic N) is 1. The number of pyridine rings is 1. The van der Waals surface area contributed by atoms with E-state index in [0.29, 0.717) is 12.8 Å². The van der Waals surface area contributed by atoms with E-state index in [0.717, 1.165) is 10.9 Å². The van der Waals surface area contributed by atoms with Gasteiger partial charge in [-0.05, 0) is 43.5 Å². The van der Waals surface area contributed by atoms with E-state index in [9.17, 15) is 8.78 Å². The highest BCUT2D eigenvalue weighted by Crippen LogP contribution is 2.42. The van der Waals surface area contributed by atoms with Crippen LogP contribution in [0.2, 0.25) is 0 Å². The summed E-state index contributed by atoms with van der Waals surface area (Å²) >= 11 is 0. The Labute approximate surface area is 123 Å². The minimum absolute atomic E-state index is 0.00113. The maximum atomic E-state index is 13.4. The molecule has 4 heteroatoms. The fourth-order valence-corrected chi connectivity index (χ4v) is 3.44. The van der Waals surface area contributed by atoms with Gasteiger partial charge in [-0.25, -0.2) is 8.78 Å². The van der Waals surface area contributed by atoms with Crippen LogP contribution < -0.4 is 5.32 Å². The zero-order valence-corrected chi connectivity index (χ0v) is 12.2. The summed E-state index contributed by atoms with van der Waals surface area (Å²) in [4.78, 5) is 4.38. The largest absolute Gasteiger partial charge is 0.313 e. The molecule has 0 amide bonds. The van der Waals surface area contributed by atoms with Crippen LogP contribution in [0, 0.1) is 5.92 Å². The average molecular weight is 290 g/mol. The van der Waals surface area contributed by atoms with Gasteiger partial charge in [0, 0.05) is 30.5 Å². The molecule has 1 N–H and O–H groups in total. The molecule has 1 saturated carbocycles. The van der Waals surface area contributed by atoms with E-state index in [1.165, 1.54) is 5.56 Å². The summed E-state index contributed by atoms with van der Waals surface area (Å²) in [6.07, 6.45) is 2.91. The average Bonchev–Trinajstić information content (AvgIpc) is 2.50. The van der Waals surface area contributed by atoms with Crippen molar-refractivity contribution in [3.05, 3.63) is 42.1 Å². The molecule has 1 aromatic carbocycles. The molecule has 1 unspecified atom stereocenters. The molecule has 0 radical (unpaired) electrons. The molecule has 112 valence electrons. The SMILES string of the molecule is CNC(c1cccc2ncccc12)C1CCC(F)(F)CC1. The molecule has 1 heterocycles. The first-order valence-corrected chi connectivity index (χ1v) is 7.49. The fraction of sp³-hybridized carbons (Fsp3) is 0.471. The van der Waals surface area contributed by atoms with E-state index in [1.807, 2.05) is 25.2 Å². The first-order chi connectivity index (χ1) is 10.1. The van der Waals surface area contributed by atoms with Crippen molar-refractivity contribution in [3.63, 3.8) is 0 Å². The predicted octanol–water partition coefficient (Wildman–Crippen LogP) is 4.32. The molecule has 1 atom stereocenters. The standard InChI is InChI=1S/C17H20F2N2/c1-20-16(12-7-9-17(18,19)10-8-12)14-4-2-6-15-13(14)5-3-11-21-15/h2-6,11-12,16,20H,7-10H2,1H3. The topological polar surface area (TPSA) is 24.9 Å². The lowest BCUT2D eigenvalue weighted by Crippen LogP contribution is -2.32. The minimum atomic E-state index is -2.48. The Hall–Kier alpha value is -1.55. The molecule has 1 fully saturated rings. The second-order valence-corrected chi connectivity index (χ2v) is 5.88. The Balaban J connectivity index is 1.92. The van der Waals surface area contributed by atoms with E-state index in [-0.39, 0.29) is 24.8 Å². The number of hydrogen-bond donors (Lipinski definition) is 1. The highest BCUT2D eigenvalue weighted by atomic mass is 19.3. The smallest absolute Gasteiger partial charge is 0.248 e. The van der Waals surface area contributed by atoms with Crippen molar-refractivity contribution < 1.29 is 8.78 Å². The van der Waals surface area contributed by atoms with Gasteiger partial charge >= 0.3 is 0 Å². The van der Waals surface area contributed by atoms with E-state index < -0.39 is 5.92 Å². The molecule has 1 aliphatic rings. The van der Waals surface area contributed by atoms with Crippen LogP contribution in [0.4, 0.5) is 8.78 Å². The summed E-state index contributed by atoms with van der Waals surface area (Å²) in [5, 5.41) is 4.44. The summed E-state index contributed by atoms with van der Waals surface area (Å²) < 4.78 is 26.7. The Morgan fingerprint density at radius 1 is 1.19 bits per heavy atom. The minimum Gasteiger partial charge on any atom is -0.313 e. The van der Waals surface area contributed by atoms with Crippen LogP contribution in [-0.2, 0) is 0 Å². The summed E-state index contributed by atoms with van der Waals surface area (Å²) in [7, 11) is 1.91. The fourth-order valence-electron chi connectivity index (χ4n) is 3.44. The monoisotopic (exact) mass is 290 g/mol. The van der Waals surface area contributed by atoms with Crippen LogP contribution in [0.3, 0.4) is 0 Å². The van der Waals surface area contributed by atoms with Gasteiger partial charge < -0.3 is 5.32 Å². The number of alkyl halides is 2. The maximum Gasteiger partial charge on any atom is 0.248 e. The van der Waals surface area contributed by atoms with Crippen LogP contribution in [0.15, 0.2) is 36.5 Å². The lowest BCUT2D eigenvalue weighted by Gasteiger charge is -2.34. The maximum absolute atomic E-state index is 13.4. The van der Waals surface area contributed by atoms with Gasteiger partial charge in [-0.15, -0.1) is 0 Å². The zero-order chi connectivity index (χ0) is 14.9. The Morgan fingerprint density at radius 2 is 1.95 bits per heavy atom. The highest BCUT2D eigenvalue weighted by molar-refractivity contribution is 5.82. The normalized spacial score (nSPS) is 20.5. The zero-order valence-electron chi connectivity index (χ0n) is 12.2. The molecular weight excluding hydrogens is 270 g/mol. The number of fused-ring (bicyclic) bond motifs is 1. The predicted molar refractivity (Wildman–Crippen MR) is 80.4 cm³/mol. The van der Waals surface area contributed by atoms with Crippen LogP contribution in [0.5, 0.6) is 0 Å². The molecule has 3 rings (SSSR count). The molecule has 1 aromatic heterocycles. The Morgan fingerprint density at radius 3 is 2.67 bits per heavy atom. The van der Waals surface area contributed by atoms with Crippen molar-refractivity contribution in [2.75, 3.05) is 7.05 Å². The molecule has 1 aliphatic carbocycles. The number of nitrogens with one attached hydrogen (secondary N) is 1. The third-order valence-corrected chi connectivity index (χ3v) is 4.56. The van der Waals surface area contributed by atoms with Gasteiger partial charge in [0.2, 0.25) is 5.92 Å². The number of benzene rings is 1. The van der Waals surface area contributed by atoms with Crippen molar-refractivity contribution in [3.8, 4) is 0 Å². The van der Waals surface area contributed by atoms with Gasteiger partial charge in [-0.3, -0.25) is 4.98 Å².